The molecular weight excluding hydrogens is 296 g/mol. The highest BCUT2D eigenvalue weighted by molar-refractivity contribution is 9.10. The predicted octanol–water partition coefficient (Wildman–Crippen LogP) is 3.20. The first kappa shape index (κ1) is 13.7. The van der Waals surface area contributed by atoms with Gasteiger partial charge in [-0.25, -0.2) is 0 Å². The molecule has 0 saturated heterocycles. The minimum absolute atomic E-state index is 0.129. The van der Waals surface area contributed by atoms with E-state index in [1.165, 1.54) is 0 Å². The molecule has 3 nitrogen and oxygen atoms in total. The van der Waals surface area contributed by atoms with Gasteiger partial charge in [0.2, 0.25) is 0 Å². The molecule has 0 radical (unpaired) electrons. The van der Waals surface area contributed by atoms with Gasteiger partial charge in [0.25, 0.3) is 0 Å². The Morgan fingerprint density at radius 2 is 2.00 bits per heavy atom. The van der Waals surface area contributed by atoms with E-state index in [0.717, 1.165) is 15.6 Å². The van der Waals surface area contributed by atoms with Gasteiger partial charge in [0.1, 0.15) is 0 Å². The lowest BCUT2D eigenvalue weighted by molar-refractivity contribution is -0.156. The molecule has 1 aromatic rings. The van der Waals surface area contributed by atoms with Crippen LogP contribution in [0.3, 0.4) is 0 Å². The molecule has 1 atom stereocenters. The van der Waals surface area contributed by atoms with Gasteiger partial charge >= 0.3 is 0 Å². The zero-order chi connectivity index (χ0) is 13.1. The van der Waals surface area contributed by atoms with Gasteiger partial charge < -0.3 is 9.47 Å². The largest absolute Gasteiger partial charge is 0.352 e. The second-order valence-corrected chi connectivity index (χ2v) is 5.17. The van der Waals surface area contributed by atoms with E-state index in [1.54, 1.807) is 0 Å². The summed E-state index contributed by atoms with van der Waals surface area (Å²) in [6.07, 6.45) is 0.261. The van der Waals surface area contributed by atoms with E-state index in [-0.39, 0.29) is 11.7 Å². The summed E-state index contributed by atoms with van der Waals surface area (Å²) in [4.78, 5) is 12.3. The number of carbonyl (C=O) groups is 1. The summed E-state index contributed by atoms with van der Waals surface area (Å²) in [5.41, 5.74) is 1.87. The molecule has 0 bridgehead atoms. The van der Waals surface area contributed by atoms with Gasteiger partial charge in [-0.3, -0.25) is 4.79 Å². The Kier molecular flexibility index (Phi) is 4.54. The molecule has 1 unspecified atom stereocenters. The van der Waals surface area contributed by atoms with Gasteiger partial charge in [-0.05, 0) is 38.0 Å². The molecule has 0 aromatic heterocycles. The maximum absolute atomic E-state index is 12.3. The Bertz CT molecular complexity index is 439. The number of hydrogen-bond acceptors (Lipinski definition) is 3. The van der Waals surface area contributed by atoms with Crippen molar-refractivity contribution in [2.45, 2.75) is 26.6 Å². The first-order valence-corrected chi connectivity index (χ1v) is 7.02. The van der Waals surface area contributed by atoms with Crippen LogP contribution in [0, 0.1) is 5.92 Å². The fourth-order valence-electron chi connectivity index (χ4n) is 2.33. The first-order chi connectivity index (χ1) is 8.67. The van der Waals surface area contributed by atoms with Crippen molar-refractivity contribution in [2.75, 3.05) is 13.2 Å². The van der Waals surface area contributed by atoms with Crippen molar-refractivity contribution in [1.29, 1.82) is 0 Å². The van der Waals surface area contributed by atoms with E-state index in [2.05, 4.69) is 15.9 Å². The van der Waals surface area contributed by atoms with Crippen LogP contribution < -0.4 is 0 Å². The highest BCUT2D eigenvalue weighted by Gasteiger charge is 2.37. The summed E-state index contributed by atoms with van der Waals surface area (Å²) in [7, 11) is 0. The van der Waals surface area contributed by atoms with E-state index in [1.807, 2.05) is 32.0 Å². The minimum atomic E-state index is -0.432. The summed E-state index contributed by atoms with van der Waals surface area (Å²) >= 11 is 3.43. The van der Waals surface area contributed by atoms with Crippen LogP contribution in [0.4, 0.5) is 0 Å². The van der Waals surface area contributed by atoms with Crippen LogP contribution in [0.2, 0.25) is 0 Å². The molecule has 0 fully saturated rings. The third kappa shape index (κ3) is 2.66. The van der Waals surface area contributed by atoms with Crippen LogP contribution in [-0.2, 0) is 15.9 Å². The Morgan fingerprint density at radius 3 is 2.61 bits per heavy atom. The van der Waals surface area contributed by atoms with Gasteiger partial charge in [0.05, 0.1) is 5.92 Å². The number of hydrogen-bond donors (Lipinski definition) is 0. The second kappa shape index (κ2) is 5.95. The van der Waals surface area contributed by atoms with Crippen LogP contribution >= 0.6 is 15.9 Å². The number of Topliss-reactive ketones (excluding diaryl/α,β-unsaturated/α-hetero) is 1. The molecule has 1 aliphatic carbocycles. The number of fused-ring (bicyclic) bond motifs is 1. The van der Waals surface area contributed by atoms with Crippen molar-refractivity contribution in [1.82, 2.24) is 0 Å². The third-order valence-electron chi connectivity index (χ3n) is 3.10. The van der Waals surface area contributed by atoms with Crippen molar-refractivity contribution in [2.24, 2.45) is 5.92 Å². The highest BCUT2D eigenvalue weighted by atomic mass is 79.9. The molecule has 0 amide bonds. The van der Waals surface area contributed by atoms with Gasteiger partial charge in [-0.15, -0.1) is 0 Å². The van der Waals surface area contributed by atoms with Crippen LogP contribution in [-0.4, -0.2) is 25.3 Å². The molecule has 0 N–H and O–H groups in total. The monoisotopic (exact) mass is 312 g/mol. The molecule has 1 aromatic carbocycles. The Labute approximate surface area is 116 Å². The van der Waals surface area contributed by atoms with E-state index < -0.39 is 6.29 Å². The molecule has 2 rings (SSSR count). The van der Waals surface area contributed by atoms with Crippen molar-refractivity contribution in [3.05, 3.63) is 33.8 Å². The zero-order valence-corrected chi connectivity index (χ0v) is 12.2. The molecule has 0 heterocycles. The molecule has 18 heavy (non-hydrogen) atoms. The third-order valence-corrected chi connectivity index (χ3v) is 3.59. The van der Waals surface area contributed by atoms with E-state index in [9.17, 15) is 4.79 Å². The van der Waals surface area contributed by atoms with Crippen LogP contribution in [0.15, 0.2) is 22.7 Å². The summed E-state index contributed by atoms with van der Waals surface area (Å²) in [5.74, 6) is -0.0846. The molecule has 0 saturated carbocycles. The van der Waals surface area contributed by atoms with Gasteiger partial charge in [-0.1, -0.05) is 22.0 Å². The van der Waals surface area contributed by atoms with Gasteiger partial charge in [0.15, 0.2) is 12.1 Å². The fraction of sp³-hybridized carbons (Fsp3) is 0.500. The molecule has 0 aliphatic heterocycles. The number of benzene rings is 1. The maximum Gasteiger partial charge on any atom is 0.171 e. The lowest BCUT2D eigenvalue weighted by atomic mass is 10.0. The van der Waals surface area contributed by atoms with Crippen molar-refractivity contribution in [3.8, 4) is 0 Å². The van der Waals surface area contributed by atoms with Crippen LogP contribution in [0.1, 0.15) is 29.8 Å². The molecule has 1 aliphatic rings. The lowest BCUT2D eigenvalue weighted by Crippen LogP contribution is -2.31. The van der Waals surface area contributed by atoms with Crippen molar-refractivity contribution in [3.63, 3.8) is 0 Å². The van der Waals surface area contributed by atoms with Gasteiger partial charge in [-0.2, -0.15) is 0 Å². The average molecular weight is 313 g/mol. The highest BCUT2D eigenvalue weighted by Crippen LogP contribution is 2.32. The molecule has 0 spiro atoms. The Hall–Kier alpha value is -0.710. The van der Waals surface area contributed by atoms with Crippen molar-refractivity contribution >= 4 is 21.7 Å². The van der Waals surface area contributed by atoms with Crippen molar-refractivity contribution < 1.29 is 14.3 Å². The first-order valence-electron chi connectivity index (χ1n) is 6.23. The SMILES string of the molecule is CCOC(OCC)C1Cc2cc(Br)ccc2C1=O. The molecule has 4 heteroatoms. The van der Waals surface area contributed by atoms with E-state index in [4.69, 9.17) is 9.47 Å². The zero-order valence-electron chi connectivity index (χ0n) is 10.6. The lowest BCUT2D eigenvalue weighted by Gasteiger charge is -2.21. The maximum atomic E-state index is 12.3. The van der Waals surface area contributed by atoms with E-state index >= 15 is 0 Å². The standard InChI is InChI=1S/C14H17BrO3/c1-3-17-14(18-4-2)12-8-9-7-10(15)5-6-11(9)13(12)16/h5-7,12,14H,3-4,8H2,1-2H3. The Balaban J connectivity index is 2.21. The van der Waals surface area contributed by atoms with Crippen LogP contribution in [0.5, 0.6) is 0 Å². The minimum Gasteiger partial charge on any atom is -0.352 e. The quantitative estimate of drug-likeness (QED) is 0.783. The molecular formula is C14H17BrO3. The summed E-state index contributed by atoms with van der Waals surface area (Å²) < 4.78 is 12.1. The number of ether oxygens (including phenoxy) is 2. The number of carbonyl (C=O) groups excluding carboxylic acids is 1. The predicted molar refractivity (Wildman–Crippen MR) is 72.7 cm³/mol. The smallest absolute Gasteiger partial charge is 0.171 e. The van der Waals surface area contributed by atoms with E-state index in [0.29, 0.717) is 19.6 Å². The normalized spacial score (nSPS) is 18.4. The number of halogens is 1. The van der Waals surface area contributed by atoms with Gasteiger partial charge in [0, 0.05) is 23.2 Å². The average Bonchev–Trinajstić information content (AvgIpc) is 2.66. The Morgan fingerprint density at radius 1 is 1.33 bits per heavy atom. The summed E-state index contributed by atoms with van der Waals surface area (Å²) in [6.45, 7) is 4.92. The fourth-order valence-corrected chi connectivity index (χ4v) is 2.74. The summed E-state index contributed by atoms with van der Waals surface area (Å²) in [6, 6.07) is 5.77. The second-order valence-electron chi connectivity index (χ2n) is 4.26. The van der Waals surface area contributed by atoms with Crippen LogP contribution in [0.25, 0.3) is 0 Å². The molecule has 98 valence electrons. The number of ketones is 1. The number of rotatable bonds is 5. The summed E-state index contributed by atoms with van der Waals surface area (Å²) in [5, 5.41) is 0. The topological polar surface area (TPSA) is 35.5 Å².